The number of nitrogens with two attached hydrogens (primary N) is 1. The zero-order chi connectivity index (χ0) is 16.0. The van der Waals surface area contributed by atoms with Crippen molar-refractivity contribution in [1.82, 2.24) is 15.0 Å². The molecule has 22 heavy (non-hydrogen) atoms. The minimum Gasteiger partial charge on any atom is -0.353 e. The molecule has 0 spiro atoms. The fraction of sp³-hybridized carbons (Fsp3) is 0.800. The molecule has 0 radical (unpaired) electrons. The molecule has 0 aliphatic rings. The summed E-state index contributed by atoms with van der Waals surface area (Å²) >= 11 is 7.54. The number of unbranched alkanes of at least 4 members (excludes halogenated alkanes) is 7. The molecule has 1 aromatic rings. The Kier molecular flexibility index (Phi) is 11.4. The van der Waals surface area contributed by atoms with Crippen molar-refractivity contribution in [2.75, 3.05) is 24.2 Å². The molecule has 126 valence electrons. The highest BCUT2D eigenvalue weighted by molar-refractivity contribution is 7.99. The van der Waals surface area contributed by atoms with Crippen LogP contribution < -0.4 is 11.1 Å². The highest BCUT2D eigenvalue weighted by atomic mass is 35.5. The van der Waals surface area contributed by atoms with Gasteiger partial charge in [0.25, 0.3) is 0 Å². The third-order valence-electron chi connectivity index (χ3n) is 3.24. The van der Waals surface area contributed by atoms with E-state index in [1.807, 2.05) is 0 Å². The number of rotatable bonds is 13. The standard InChI is InChI=1S/C15H28ClN5S/c1-2-3-4-5-6-7-8-9-12-22-15-20-13(16)19-14(21-15)18-11-10-17/h2-12,17H2,1H3,(H,18,19,20,21). The Labute approximate surface area is 143 Å². The number of thioether (sulfide) groups is 1. The summed E-state index contributed by atoms with van der Waals surface area (Å²) in [5.41, 5.74) is 5.45. The first kappa shape index (κ1) is 19.5. The van der Waals surface area contributed by atoms with Crippen molar-refractivity contribution >= 4 is 29.3 Å². The lowest BCUT2D eigenvalue weighted by atomic mass is 10.1. The van der Waals surface area contributed by atoms with Crippen molar-refractivity contribution in [3.8, 4) is 0 Å². The minimum atomic E-state index is 0.230. The van der Waals surface area contributed by atoms with Gasteiger partial charge in [0.2, 0.25) is 11.2 Å². The molecule has 0 saturated carbocycles. The number of anilines is 1. The highest BCUT2D eigenvalue weighted by Crippen LogP contribution is 2.19. The molecule has 3 N–H and O–H groups in total. The van der Waals surface area contributed by atoms with Crippen LogP contribution in [0.4, 0.5) is 5.95 Å². The van der Waals surface area contributed by atoms with Crippen LogP contribution in [0.3, 0.4) is 0 Å². The highest BCUT2D eigenvalue weighted by Gasteiger charge is 2.05. The molecule has 0 atom stereocenters. The number of hydrogen-bond donors (Lipinski definition) is 2. The lowest BCUT2D eigenvalue weighted by Crippen LogP contribution is -2.15. The first-order valence-corrected chi connectivity index (χ1v) is 9.61. The Hall–Kier alpha value is -0.590. The number of aromatic nitrogens is 3. The smallest absolute Gasteiger partial charge is 0.228 e. The molecule has 0 amide bonds. The summed E-state index contributed by atoms with van der Waals surface area (Å²) in [7, 11) is 0. The summed E-state index contributed by atoms with van der Waals surface area (Å²) in [5.74, 6) is 1.52. The van der Waals surface area contributed by atoms with E-state index in [1.54, 1.807) is 11.8 Å². The van der Waals surface area contributed by atoms with E-state index in [9.17, 15) is 0 Å². The maximum absolute atomic E-state index is 5.91. The maximum Gasteiger partial charge on any atom is 0.228 e. The van der Waals surface area contributed by atoms with E-state index in [4.69, 9.17) is 17.3 Å². The molecule has 5 nitrogen and oxygen atoms in total. The van der Waals surface area contributed by atoms with Gasteiger partial charge in [0.05, 0.1) is 0 Å². The molecule has 7 heteroatoms. The van der Waals surface area contributed by atoms with Crippen molar-refractivity contribution in [1.29, 1.82) is 0 Å². The number of halogens is 1. The van der Waals surface area contributed by atoms with Crippen LogP contribution in [-0.2, 0) is 0 Å². The lowest BCUT2D eigenvalue weighted by Gasteiger charge is -2.05. The monoisotopic (exact) mass is 345 g/mol. The fourth-order valence-electron chi connectivity index (χ4n) is 2.06. The van der Waals surface area contributed by atoms with Crippen LogP contribution in [0.15, 0.2) is 5.16 Å². The van der Waals surface area contributed by atoms with Crippen LogP contribution in [0, 0.1) is 0 Å². The molecule has 1 rings (SSSR count). The van der Waals surface area contributed by atoms with Gasteiger partial charge in [-0.25, -0.2) is 0 Å². The van der Waals surface area contributed by atoms with Crippen LogP contribution in [0.5, 0.6) is 0 Å². The van der Waals surface area contributed by atoms with E-state index >= 15 is 0 Å². The Bertz CT molecular complexity index is 406. The minimum absolute atomic E-state index is 0.230. The average Bonchev–Trinajstić information content (AvgIpc) is 2.51. The Morgan fingerprint density at radius 1 is 1.00 bits per heavy atom. The molecule has 0 aromatic carbocycles. The number of nitrogens with zero attached hydrogens (tertiary/aromatic N) is 3. The molecular weight excluding hydrogens is 318 g/mol. The predicted molar refractivity (Wildman–Crippen MR) is 95.7 cm³/mol. The lowest BCUT2D eigenvalue weighted by molar-refractivity contribution is 0.586. The largest absolute Gasteiger partial charge is 0.353 e. The zero-order valence-electron chi connectivity index (χ0n) is 13.5. The van der Waals surface area contributed by atoms with Crippen molar-refractivity contribution in [3.05, 3.63) is 5.28 Å². The summed E-state index contributed by atoms with van der Waals surface area (Å²) in [6.07, 6.45) is 10.6. The van der Waals surface area contributed by atoms with E-state index < -0.39 is 0 Å². The molecule has 1 aromatic heterocycles. The molecule has 1 heterocycles. The SMILES string of the molecule is CCCCCCCCCCSc1nc(Cl)nc(NCCN)n1. The van der Waals surface area contributed by atoms with Gasteiger partial charge in [0.15, 0.2) is 5.16 Å². The normalized spacial score (nSPS) is 10.9. The summed E-state index contributed by atoms with van der Waals surface area (Å²) < 4.78 is 0. The van der Waals surface area contributed by atoms with E-state index in [-0.39, 0.29) is 5.28 Å². The average molecular weight is 346 g/mol. The fourth-order valence-corrected chi connectivity index (χ4v) is 3.10. The van der Waals surface area contributed by atoms with Crippen molar-refractivity contribution in [2.45, 2.75) is 63.4 Å². The topological polar surface area (TPSA) is 76.7 Å². The maximum atomic E-state index is 5.91. The molecule has 0 bridgehead atoms. The van der Waals surface area contributed by atoms with Crippen LogP contribution in [-0.4, -0.2) is 33.8 Å². The summed E-state index contributed by atoms with van der Waals surface area (Å²) in [5, 5.41) is 3.94. The van der Waals surface area contributed by atoms with E-state index in [0.29, 0.717) is 24.2 Å². The molecule has 0 unspecified atom stereocenters. The summed E-state index contributed by atoms with van der Waals surface area (Å²) in [4.78, 5) is 12.5. The van der Waals surface area contributed by atoms with E-state index in [2.05, 4.69) is 27.2 Å². The summed E-state index contributed by atoms with van der Waals surface area (Å²) in [6.45, 7) is 3.41. The van der Waals surface area contributed by atoms with Gasteiger partial charge in [-0.1, -0.05) is 63.6 Å². The second kappa shape index (κ2) is 12.9. The van der Waals surface area contributed by atoms with Gasteiger partial charge in [-0.2, -0.15) is 15.0 Å². The quantitative estimate of drug-likeness (QED) is 0.413. The van der Waals surface area contributed by atoms with Gasteiger partial charge >= 0.3 is 0 Å². The molecular formula is C15H28ClN5S. The van der Waals surface area contributed by atoms with Gasteiger partial charge < -0.3 is 11.1 Å². The number of nitrogens with one attached hydrogen (secondary N) is 1. The predicted octanol–water partition coefficient (Wildman–Crippen LogP) is 4.13. The molecule has 0 aliphatic carbocycles. The second-order valence-electron chi connectivity index (χ2n) is 5.25. The van der Waals surface area contributed by atoms with Gasteiger partial charge in [-0.3, -0.25) is 0 Å². The first-order chi connectivity index (χ1) is 10.8. The Morgan fingerprint density at radius 3 is 2.36 bits per heavy atom. The summed E-state index contributed by atoms with van der Waals surface area (Å²) in [6, 6.07) is 0. The van der Waals surface area contributed by atoms with Gasteiger partial charge in [-0.05, 0) is 18.0 Å². The van der Waals surface area contributed by atoms with Crippen molar-refractivity contribution < 1.29 is 0 Å². The van der Waals surface area contributed by atoms with Crippen molar-refractivity contribution in [2.24, 2.45) is 5.73 Å². The molecule has 0 fully saturated rings. The Morgan fingerprint density at radius 2 is 1.68 bits per heavy atom. The van der Waals surface area contributed by atoms with Crippen LogP contribution in [0.2, 0.25) is 5.28 Å². The molecule has 0 aliphatic heterocycles. The van der Waals surface area contributed by atoms with Gasteiger partial charge in [0.1, 0.15) is 0 Å². The van der Waals surface area contributed by atoms with Crippen LogP contribution in [0.25, 0.3) is 0 Å². The number of hydrogen-bond acceptors (Lipinski definition) is 6. The third-order valence-corrected chi connectivity index (χ3v) is 4.35. The molecule has 0 saturated heterocycles. The van der Waals surface area contributed by atoms with Gasteiger partial charge in [-0.15, -0.1) is 0 Å². The van der Waals surface area contributed by atoms with Crippen molar-refractivity contribution in [3.63, 3.8) is 0 Å². The zero-order valence-corrected chi connectivity index (χ0v) is 15.1. The van der Waals surface area contributed by atoms with Crippen LogP contribution in [0.1, 0.15) is 58.3 Å². The second-order valence-corrected chi connectivity index (χ2v) is 6.65. The van der Waals surface area contributed by atoms with Crippen LogP contribution >= 0.6 is 23.4 Å². The van der Waals surface area contributed by atoms with E-state index in [1.165, 1.54) is 51.4 Å². The Balaban J connectivity index is 2.15. The van der Waals surface area contributed by atoms with Gasteiger partial charge in [0, 0.05) is 18.8 Å². The first-order valence-electron chi connectivity index (χ1n) is 8.24. The third kappa shape index (κ3) is 9.43. The van der Waals surface area contributed by atoms with E-state index in [0.717, 1.165) is 5.75 Å².